The van der Waals surface area contributed by atoms with Crippen LogP contribution in [-0.2, 0) is 4.79 Å². The minimum absolute atomic E-state index is 0.0494. The summed E-state index contributed by atoms with van der Waals surface area (Å²) in [6.45, 7) is 2.95. The molecule has 9 heteroatoms. The van der Waals surface area contributed by atoms with Crippen molar-refractivity contribution < 1.29 is 18.0 Å². The van der Waals surface area contributed by atoms with Gasteiger partial charge in [0.2, 0.25) is 0 Å². The van der Waals surface area contributed by atoms with Crippen molar-refractivity contribution >= 4 is 40.4 Å². The first-order valence-corrected chi connectivity index (χ1v) is 9.46. The lowest BCUT2D eigenvalue weighted by atomic mass is 10.1. The monoisotopic (exact) mass is 422 g/mol. The standard InChI is InChI=1S/C20H18ClF3N4O/c1-26-8-10-27(11-9-26)18-14-4-2-3-5-16(14)28(19(29)20(22,23)24)17-7-6-13(21)12-15(17)25-18/h2-7,12H,8-11H2,1H3. The number of hydrogen-bond acceptors (Lipinski definition) is 4. The molecule has 0 saturated carbocycles. The van der Waals surface area contributed by atoms with E-state index < -0.39 is 12.1 Å². The van der Waals surface area contributed by atoms with Gasteiger partial charge in [0.05, 0.1) is 17.1 Å². The van der Waals surface area contributed by atoms with Crippen molar-refractivity contribution in [1.82, 2.24) is 9.80 Å². The van der Waals surface area contributed by atoms with Gasteiger partial charge in [-0.3, -0.25) is 9.69 Å². The molecular weight excluding hydrogens is 405 g/mol. The number of hydrogen-bond donors (Lipinski definition) is 0. The van der Waals surface area contributed by atoms with Crippen molar-refractivity contribution in [3.63, 3.8) is 0 Å². The molecule has 2 aliphatic rings. The van der Waals surface area contributed by atoms with Crippen molar-refractivity contribution in [3.8, 4) is 0 Å². The predicted octanol–water partition coefficient (Wildman–Crippen LogP) is 4.21. The number of likely N-dealkylation sites (N-methyl/N-ethyl adjacent to an activating group) is 1. The topological polar surface area (TPSA) is 39.1 Å². The molecule has 0 spiro atoms. The van der Waals surface area contributed by atoms with Gasteiger partial charge in [-0.1, -0.05) is 23.7 Å². The van der Waals surface area contributed by atoms with E-state index in [1.54, 1.807) is 18.2 Å². The third-order valence-electron chi connectivity index (χ3n) is 5.04. The van der Waals surface area contributed by atoms with Gasteiger partial charge < -0.3 is 9.80 Å². The average molecular weight is 423 g/mol. The van der Waals surface area contributed by atoms with Gasteiger partial charge >= 0.3 is 12.1 Å². The molecule has 1 saturated heterocycles. The largest absolute Gasteiger partial charge is 0.472 e. The zero-order valence-corrected chi connectivity index (χ0v) is 16.3. The molecule has 2 heterocycles. The number of nitrogens with zero attached hydrogens (tertiary/aromatic N) is 4. The molecule has 152 valence electrons. The van der Waals surface area contributed by atoms with Crippen LogP contribution >= 0.6 is 11.6 Å². The van der Waals surface area contributed by atoms with Crippen molar-refractivity contribution in [1.29, 1.82) is 0 Å². The minimum Gasteiger partial charge on any atom is -0.353 e. The van der Waals surface area contributed by atoms with E-state index in [1.807, 2.05) is 11.9 Å². The number of para-hydroxylation sites is 1. The van der Waals surface area contributed by atoms with Gasteiger partial charge in [-0.15, -0.1) is 0 Å². The lowest BCUT2D eigenvalue weighted by Gasteiger charge is -2.35. The van der Waals surface area contributed by atoms with Crippen molar-refractivity contribution in [2.24, 2.45) is 4.99 Å². The number of alkyl halides is 3. The second-order valence-electron chi connectivity index (χ2n) is 7.01. The van der Waals surface area contributed by atoms with Crippen LogP contribution in [0, 0.1) is 0 Å². The molecule has 5 nitrogen and oxygen atoms in total. The molecule has 2 aliphatic heterocycles. The van der Waals surface area contributed by atoms with E-state index in [0.29, 0.717) is 34.4 Å². The van der Waals surface area contributed by atoms with Crippen molar-refractivity contribution in [2.45, 2.75) is 6.18 Å². The number of fused-ring (bicyclic) bond motifs is 2. The molecule has 0 unspecified atom stereocenters. The molecule has 29 heavy (non-hydrogen) atoms. The highest BCUT2D eigenvalue weighted by Gasteiger charge is 2.45. The first-order valence-electron chi connectivity index (χ1n) is 9.08. The molecule has 0 bridgehead atoms. The van der Waals surface area contributed by atoms with Crippen LogP contribution in [0.3, 0.4) is 0 Å². The fourth-order valence-electron chi connectivity index (χ4n) is 3.54. The Morgan fingerprint density at radius 3 is 2.41 bits per heavy atom. The van der Waals surface area contributed by atoms with Crippen LogP contribution in [0.25, 0.3) is 0 Å². The molecule has 0 aliphatic carbocycles. The highest BCUT2D eigenvalue weighted by molar-refractivity contribution is 6.31. The summed E-state index contributed by atoms with van der Waals surface area (Å²) in [5, 5.41) is 0.329. The van der Waals surface area contributed by atoms with E-state index in [1.165, 1.54) is 24.3 Å². The van der Waals surface area contributed by atoms with E-state index in [2.05, 4.69) is 9.89 Å². The first kappa shape index (κ1) is 19.7. The normalized spacial score (nSPS) is 17.3. The Balaban J connectivity index is 1.93. The number of rotatable bonds is 0. The van der Waals surface area contributed by atoms with E-state index >= 15 is 0 Å². The van der Waals surface area contributed by atoms with E-state index in [0.717, 1.165) is 13.1 Å². The van der Waals surface area contributed by atoms with E-state index in [9.17, 15) is 18.0 Å². The molecule has 1 amide bonds. The van der Waals surface area contributed by atoms with Gasteiger partial charge in [-0.2, -0.15) is 13.2 Å². The Morgan fingerprint density at radius 1 is 1.03 bits per heavy atom. The van der Waals surface area contributed by atoms with Crippen molar-refractivity contribution in [3.05, 3.63) is 53.1 Å². The second-order valence-corrected chi connectivity index (χ2v) is 7.45. The van der Waals surface area contributed by atoms with Gasteiger partial charge in [0.15, 0.2) is 0 Å². The zero-order chi connectivity index (χ0) is 20.8. The van der Waals surface area contributed by atoms with Crippen LogP contribution in [0.1, 0.15) is 5.56 Å². The fourth-order valence-corrected chi connectivity index (χ4v) is 3.71. The Kier molecular flexibility index (Phi) is 5.00. The zero-order valence-electron chi connectivity index (χ0n) is 15.6. The van der Waals surface area contributed by atoms with Crippen LogP contribution < -0.4 is 4.90 Å². The summed E-state index contributed by atoms with van der Waals surface area (Å²) in [6.07, 6.45) is -5.04. The van der Waals surface area contributed by atoms with Crippen LogP contribution in [0.2, 0.25) is 5.02 Å². The SMILES string of the molecule is CN1CCN(C2=Nc3cc(Cl)ccc3N(C(=O)C(F)(F)F)c3ccccc32)CC1. The maximum Gasteiger partial charge on any atom is 0.472 e. The molecule has 2 aromatic rings. The average Bonchev–Trinajstić information content (AvgIpc) is 2.81. The third kappa shape index (κ3) is 3.70. The smallest absolute Gasteiger partial charge is 0.353 e. The summed E-state index contributed by atoms with van der Waals surface area (Å²) in [5.41, 5.74) is 0.893. The summed E-state index contributed by atoms with van der Waals surface area (Å²) in [5.74, 6) is -1.43. The summed E-state index contributed by atoms with van der Waals surface area (Å²) in [6, 6.07) is 10.9. The Morgan fingerprint density at radius 2 is 1.72 bits per heavy atom. The van der Waals surface area contributed by atoms with Crippen LogP contribution in [-0.4, -0.2) is 60.9 Å². The van der Waals surface area contributed by atoms with Gasteiger partial charge in [-0.05, 0) is 37.4 Å². The van der Waals surface area contributed by atoms with E-state index in [-0.39, 0.29) is 17.1 Å². The maximum atomic E-state index is 13.5. The molecule has 0 aromatic heterocycles. The molecule has 0 atom stereocenters. The van der Waals surface area contributed by atoms with Crippen LogP contribution in [0.4, 0.5) is 30.2 Å². The van der Waals surface area contributed by atoms with Crippen LogP contribution in [0.5, 0.6) is 0 Å². The number of anilines is 2. The number of amides is 1. The highest BCUT2D eigenvalue weighted by Crippen LogP contribution is 2.43. The lowest BCUT2D eigenvalue weighted by molar-refractivity contribution is -0.169. The van der Waals surface area contributed by atoms with Gasteiger partial charge in [0, 0.05) is 36.8 Å². The summed E-state index contributed by atoms with van der Waals surface area (Å²) < 4.78 is 40.4. The van der Waals surface area contributed by atoms with Gasteiger partial charge in [0.25, 0.3) is 0 Å². The Bertz CT molecular complexity index is 984. The number of amidine groups is 1. The second kappa shape index (κ2) is 7.35. The third-order valence-corrected chi connectivity index (χ3v) is 5.27. The van der Waals surface area contributed by atoms with Gasteiger partial charge in [-0.25, -0.2) is 4.99 Å². The molecular formula is C20H18ClF3N4O. The highest BCUT2D eigenvalue weighted by atomic mass is 35.5. The number of benzene rings is 2. The Labute approximate surface area is 171 Å². The fraction of sp³-hybridized carbons (Fsp3) is 0.300. The molecule has 2 aromatic carbocycles. The predicted molar refractivity (Wildman–Crippen MR) is 106 cm³/mol. The number of carbonyl (C=O) groups excluding carboxylic acids is 1. The Hall–Kier alpha value is -2.58. The summed E-state index contributed by atoms with van der Waals surface area (Å²) in [7, 11) is 2.01. The van der Waals surface area contributed by atoms with E-state index in [4.69, 9.17) is 11.6 Å². The van der Waals surface area contributed by atoms with Crippen molar-refractivity contribution in [2.75, 3.05) is 38.1 Å². The molecule has 0 radical (unpaired) electrons. The number of carbonyl (C=O) groups is 1. The minimum atomic E-state index is -5.04. The number of aliphatic imine (C=N–C) groups is 1. The lowest BCUT2D eigenvalue weighted by Crippen LogP contribution is -2.47. The van der Waals surface area contributed by atoms with Gasteiger partial charge in [0.1, 0.15) is 5.84 Å². The maximum absolute atomic E-state index is 13.5. The summed E-state index contributed by atoms with van der Waals surface area (Å²) in [4.78, 5) is 22.0. The molecule has 4 rings (SSSR count). The van der Waals surface area contributed by atoms with Crippen LogP contribution in [0.15, 0.2) is 47.5 Å². The summed E-state index contributed by atoms with van der Waals surface area (Å²) >= 11 is 6.10. The first-order chi connectivity index (χ1) is 13.8. The number of halogens is 4. The molecule has 1 fully saturated rings. The number of piperazine rings is 1. The molecule has 0 N–H and O–H groups in total. The quantitative estimate of drug-likeness (QED) is 0.638.